The first kappa shape index (κ1) is 19.5. The second kappa shape index (κ2) is 7.98. The van der Waals surface area contributed by atoms with Gasteiger partial charge in [0.15, 0.2) is 0 Å². The molecule has 9 nitrogen and oxygen atoms in total. The highest BCUT2D eigenvalue weighted by Gasteiger charge is 2.35. The van der Waals surface area contributed by atoms with Gasteiger partial charge in [-0.3, -0.25) is 9.59 Å². The van der Waals surface area contributed by atoms with Crippen LogP contribution in [0, 0.1) is 11.8 Å². The van der Waals surface area contributed by atoms with Gasteiger partial charge in [0, 0.05) is 23.9 Å². The largest absolute Gasteiger partial charge is 0.353 e. The molecule has 3 N–H and O–H groups in total. The van der Waals surface area contributed by atoms with Crippen molar-refractivity contribution in [1.29, 1.82) is 0 Å². The first-order valence-corrected chi connectivity index (χ1v) is 11.7. The maximum absolute atomic E-state index is 13.1. The van der Waals surface area contributed by atoms with Crippen molar-refractivity contribution in [2.24, 2.45) is 11.8 Å². The Morgan fingerprint density at radius 3 is 2.77 bits per heavy atom. The highest BCUT2D eigenvalue weighted by atomic mass is 32.1. The molecule has 2 fully saturated rings. The molecule has 2 saturated carbocycles. The third-order valence-corrected chi connectivity index (χ3v) is 7.28. The normalized spacial score (nSPS) is 20.5. The van der Waals surface area contributed by atoms with Gasteiger partial charge in [-0.05, 0) is 73.8 Å². The topological polar surface area (TPSA) is 114 Å². The average molecular weight is 430 g/mol. The van der Waals surface area contributed by atoms with E-state index in [1.807, 2.05) is 11.6 Å². The molecule has 0 aromatic carbocycles. The molecule has 2 amide bonds. The zero-order valence-corrected chi connectivity index (χ0v) is 17.9. The Morgan fingerprint density at radius 1 is 1.20 bits per heavy atom. The van der Waals surface area contributed by atoms with Crippen LogP contribution in [0.15, 0.2) is 0 Å². The fraction of sp³-hybridized carbons (Fsp3) is 0.650. The molecule has 1 unspecified atom stereocenters. The highest BCUT2D eigenvalue weighted by molar-refractivity contribution is 7.17. The monoisotopic (exact) mass is 429 g/mol. The SMILES string of the molecule is CCNc1nnnn1C1CCc2sc(NC(=O)C3CC3)c(C(=O)NCC3CC3)c2C1. The van der Waals surface area contributed by atoms with Gasteiger partial charge in [0.05, 0.1) is 11.6 Å². The van der Waals surface area contributed by atoms with Gasteiger partial charge in [-0.1, -0.05) is 5.10 Å². The van der Waals surface area contributed by atoms with Crippen LogP contribution >= 0.6 is 11.3 Å². The number of carbonyl (C=O) groups is 2. The fourth-order valence-corrected chi connectivity index (χ4v) is 5.27. The van der Waals surface area contributed by atoms with Gasteiger partial charge >= 0.3 is 0 Å². The molecule has 0 radical (unpaired) electrons. The minimum atomic E-state index is -0.0743. The summed E-state index contributed by atoms with van der Waals surface area (Å²) in [6.45, 7) is 3.46. The van der Waals surface area contributed by atoms with Crippen LogP contribution in [-0.4, -0.2) is 45.1 Å². The van der Waals surface area contributed by atoms with Crippen LogP contribution in [0.4, 0.5) is 10.9 Å². The number of rotatable bonds is 8. The number of hydrogen-bond acceptors (Lipinski definition) is 7. The number of aromatic nitrogens is 4. The van der Waals surface area contributed by atoms with E-state index in [-0.39, 0.29) is 23.8 Å². The standard InChI is InChI=1S/C20H27N7O2S/c1-2-21-20-24-25-26-27(20)13-7-8-15-14(9-13)16(18(29)22-10-11-3-4-11)19(30-15)23-17(28)12-5-6-12/h11-13H,2-10H2,1H3,(H,22,29)(H,23,28)(H,21,24,26). The molecule has 0 bridgehead atoms. The van der Waals surface area contributed by atoms with Crippen LogP contribution in [0.2, 0.25) is 0 Å². The molecule has 2 aromatic rings. The van der Waals surface area contributed by atoms with E-state index in [1.165, 1.54) is 17.7 Å². The van der Waals surface area contributed by atoms with E-state index in [1.54, 1.807) is 11.3 Å². The Kier molecular flexibility index (Phi) is 5.18. The summed E-state index contributed by atoms with van der Waals surface area (Å²) in [4.78, 5) is 26.8. The predicted molar refractivity (Wildman–Crippen MR) is 114 cm³/mol. The lowest BCUT2D eigenvalue weighted by Gasteiger charge is -2.23. The van der Waals surface area contributed by atoms with Crippen LogP contribution in [0.3, 0.4) is 0 Å². The lowest BCUT2D eigenvalue weighted by atomic mass is 9.91. The van der Waals surface area contributed by atoms with E-state index in [9.17, 15) is 9.59 Å². The molecule has 2 heterocycles. The minimum absolute atomic E-state index is 0.0382. The third-order valence-electron chi connectivity index (χ3n) is 6.07. The van der Waals surface area contributed by atoms with Crippen molar-refractivity contribution < 1.29 is 9.59 Å². The van der Waals surface area contributed by atoms with Gasteiger partial charge in [0.2, 0.25) is 11.9 Å². The summed E-state index contributed by atoms with van der Waals surface area (Å²) in [7, 11) is 0. The van der Waals surface area contributed by atoms with E-state index >= 15 is 0 Å². The van der Waals surface area contributed by atoms with Crippen molar-refractivity contribution in [3.63, 3.8) is 0 Å². The van der Waals surface area contributed by atoms with Crippen molar-refractivity contribution >= 4 is 34.1 Å². The van der Waals surface area contributed by atoms with Crippen LogP contribution in [-0.2, 0) is 17.6 Å². The molecular weight excluding hydrogens is 402 g/mol. The van der Waals surface area contributed by atoms with Crippen molar-refractivity contribution in [2.75, 3.05) is 23.7 Å². The molecule has 0 spiro atoms. The molecule has 160 valence electrons. The number of carbonyl (C=O) groups excluding carboxylic acids is 2. The van der Waals surface area contributed by atoms with Gasteiger partial charge in [-0.25, -0.2) is 4.68 Å². The molecule has 10 heteroatoms. The zero-order chi connectivity index (χ0) is 20.7. The van der Waals surface area contributed by atoms with Crippen LogP contribution < -0.4 is 16.0 Å². The van der Waals surface area contributed by atoms with E-state index in [4.69, 9.17) is 0 Å². The Labute approximate surface area is 179 Å². The first-order valence-electron chi connectivity index (χ1n) is 10.9. The summed E-state index contributed by atoms with van der Waals surface area (Å²) in [5.74, 6) is 1.32. The van der Waals surface area contributed by atoms with E-state index in [0.717, 1.165) is 37.8 Å². The van der Waals surface area contributed by atoms with Gasteiger partial charge < -0.3 is 16.0 Å². The lowest BCUT2D eigenvalue weighted by molar-refractivity contribution is -0.117. The number of tetrazole rings is 1. The number of nitrogens with one attached hydrogen (secondary N) is 3. The second-order valence-corrected chi connectivity index (χ2v) is 9.60. The third kappa shape index (κ3) is 3.92. The van der Waals surface area contributed by atoms with Gasteiger partial charge in [0.25, 0.3) is 5.91 Å². The average Bonchev–Trinajstić information content (AvgIpc) is 3.66. The number of nitrogens with zero attached hydrogens (tertiary/aromatic N) is 4. The molecular formula is C20H27N7O2S. The van der Waals surface area contributed by atoms with Crippen LogP contribution in [0.5, 0.6) is 0 Å². The number of amides is 2. The van der Waals surface area contributed by atoms with E-state index in [0.29, 0.717) is 35.4 Å². The molecule has 1 atom stereocenters. The Morgan fingerprint density at radius 2 is 2.03 bits per heavy atom. The minimum Gasteiger partial charge on any atom is -0.353 e. The van der Waals surface area contributed by atoms with Crippen molar-refractivity contribution in [2.45, 2.75) is 57.9 Å². The Bertz CT molecular complexity index is 961. The van der Waals surface area contributed by atoms with Crippen molar-refractivity contribution in [3.8, 4) is 0 Å². The summed E-state index contributed by atoms with van der Waals surface area (Å²) in [6, 6.07) is 0.0816. The molecule has 0 saturated heterocycles. The second-order valence-electron chi connectivity index (χ2n) is 8.50. The summed E-state index contributed by atoms with van der Waals surface area (Å²) >= 11 is 1.56. The van der Waals surface area contributed by atoms with Gasteiger partial charge in [0.1, 0.15) is 5.00 Å². The highest BCUT2D eigenvalue weighted by Crippen LogP contribution is 2.42. The summed E-state index contributed by atoms with van der Waals surface area (Å²) in [6.07, 6.45) is 6.67. The van der Waals surface area contributed by atoms with E-state index in [2.05, 4.69) is 31.5 Å². The molecule has 3 aliphatic rings. The number of thiophene rings is 1. The summed E-state index contributed by atoms with van der Waals surface area (Å²) in [5, 5.41) is 22.1. The number of hydrogen-bond donors (Lipinski definition) is 3. The number of fused-ring (bicyclic) bond motifs is 1. The molecule has 0 aliphatic heterocycles. The lowest BCUT2D eigenvalue weighted by Crippen LogP contribution is -2.29. The van der Waals surface area contributed by atoms with Crippen molar-refractivity contribution in [3.05, 3.63) is 16.0 Å². The predicted octanol–water partition coefficient (Wildman–Crippen LogP) is 2.38. The Hall–Kier alpha value is -2.49. The fourth-order valence-electron chi connectivity index (χ4n) is 4.02. The quantitative estimate of drug-likeness (QED) is 0.594. The number of anilines is 2. The first-order chi connectivity index (χ1) is 14.6. The maximum Gasteiger partial charge on any atom is 0.254 e. The molecule has 2 aromatic heterocycles. The maximum atomic E-state index is 13.1. The summed E-state index contributed by atoms with van der Waals surface area (Å²) < 4.78 is 1.83. The van der Waals surface area contributed by atoms with Crippen LogP contribution in [0.1, 0.15) is 65.9 Å². The molecule has 30 heavy (non-hydrogen) atoms. The molecule has 3 aliphatic carbocycles. The smallest absolute Gasteiger partial charge is 0.254 e. The van der Waals surface area contributed by atoms with Crippen molar-refractivity contribution in [1.82, 2.24) is 25.5 Å². The summed E-state index contributed by atoms with van der Waals surface area (Å²) in [5.41, 5.74) is 1.68. The van der Waals surface area contributed by atoms with Gasteiger partial charge in [-0.2, -0.15) is 0 Å². The van der Waals surface area contributed by atoms with Crippen LogP contribution in [0.25, 0.3) is 0 Å². The van der Waals surface area contributed by atoms with E-state index < -0.39 is 0 Å². The molecule has 5 rings (SSSR count). The Balaban J connectivity index is 1.43. The zero-order valence-electron chi connectivity index (χ0n) is 17.1. The van der Waals surface area contributed by atoms with Gasteiger partial charge in [-0.15, -0.1) is 11.3 Å². The number of aryl methyl sites for hydroxylation is 1.